The second-order valence-corrected chi connectivity index (χ2v) is 9.18. The second-order valence-electron chi connectivity index (χ2n) is 6.02. The van der Waals surface area contributed by atoms with Gasteiger partial charge in [-0.15, -0.1) is 11.3 Å². The van der Waals surface area contributed by atoms with Gasteiger partial charge < -0.3 is 10.0 Å². The van der Waals surface area contributed by atoms with Crippen LogP contribution in [0.1, 0.15) is 29.6 Å². The Morgan fingerprint density at radius 1 is 1.36 bits per heavy atom. The van der Waals surface area contributed by atoms with Gasteiger partial charge in [-0.1, -0.05) is 6.42 Å². The van der Waals surface area contributed by atoms with E-state index in [9.17, 15) is 23.1 Å². The first-order valence-corrected chi connectivity index (χ1v) is 9.88. The lowest BCUT2D eigenvalue weighted by molar-refractivity contribution is -0.142. The molecule has 2 aliphatic rings. The third-order valence-electron chi connectivity index (χ3n) is 4.59. The van der Waals surface area contributed by atoms with Gasteiger partial charge in [-0.05, 0) is 30.7 Å². The molecular formula is C14H17NO5S2. The molecule has 1 aromatic heterocycles. The van der Waals surface area contributed by atoms with Crippen LogP contribution in [0.25, 0.3) is 0 Å². The van der Waals surface area contributed by atoms with Gasteiger partial charge in [0.1, 0.15) is 10.3 Å². The minimum Gasteiger partial charge on any atom is -0.480 e. The number of likely N-dealkylation sites (tertiary alicyclic amines) is 1. The number of carboxylic acid groups (broad SMARTS) is 1. The van der Waals surface area contributed by atoms with Crippen molar-refractivity contribution in [2.24, 2.45) is 11.8 Å². The van der Waals surface area contributed by atoms with Crippen molar-refractivity contribution in [3.63, 3.8) is 0 Å². The topological polar surface area (TPSA) is 91.8 Å². The zero-order chi connectivity index (χ0) is 16.1. The molecule has 120 valence electrons. The lowest BCUT2D eigenvalue weighted by atomic mass is 9.94. The number of carbonyl (C=O) groups is 2. The largest absolute Gasteiger partial charge is 0.480 e. The minimum absolute atomic E-state index is 0.0227. The van der Waals surface area contributed by atoms with E-state index < -0.39 is 21.8 Å². The van der Waals surface area contributed by atoms with Crippen molar-refractivity contribution < 1.29 is 23.1 Å². The van der Waals surface area contributed by atoms with E-state index in [1.54, 1.807) is 0 Å². The van der Waals surface area contributed by atoms with E-state index in [-0.39, 0.29) is 27.5 Å². The number of amides is 1. The number of carboxylic acids is 1. The highest BCUT2D eigenvalue weighted by Gasteiger charge is 2.49. The molecule has 1 N–H and O–H groups in total. The molecular weight excluding hydrogens is 326 g/mol. The number of hydrogen-bond acceptors (Lipinski definition) is 5. The summed E-state index contributed by atoms with van der Waals surface area (Å²) >= 11 is 0.992. The Labute approximate surface area is 132 Å². The van der Waals surface area contributed by atoms with E-state index in [4.69, 9.17) is 0 Å². The lowest BCUT2D eigenvalue weighted by Gasteiger charge is -2.24. The number of hydrogen-bond donors (Lipinski definition) is 1. The summed E-state index contributed by atoms with van der Waals surface area (Å²) in [6.07, 6.45) is 3.89. The van der Waals surface area contributed by atoms with Gasteiger partial charge in [0.05, 0.1) is 5.56 Å². The van der Waals surface area contributed by atoms with Crippen LogP contribution in [0.5, 0.6) is 0 Å². The van der Waals surface area contributed by atoms with Crippen molar-refractivity contribution in [1.82, 2.24) is 4.90 Å². The zero-order valence-corrected chi connectivity index (χ0v) is 13.7. The minimum atomic E-state index is -3.35. The van der Waals surface area contributed by atoms with Gasteiger partial charge in [-0.3, -0.25) is 4.79 Å². The molecule has 1 aliphatic carbocycles. The van der Waals surface area contributed by atoms with Crippen LogP contribution in [0.2, 0.25) is 0 Å². The first kappa shape index (κ1) is 15.5. The predicted molar refractivity (Wildman–Crippen MR) is 80.7 cm³/mol. The van der Waals surface area contributed by atoms with Crippen molar-refractivity contribution in [3.8, 4) is 0 Å². The molecule has 6 nitrogen and oxygen atoms in total. The molecule has 1 saturated carbocycles. The van der Waals surface area contributed by atoms with Crippen LogP contribution in [0.4, 0.5) is 0 Å². The first-order chi connectivity index (χ1) is 10.3. The Bertz CT molecular complexity index is 723. The van der Waals surface area contributed by atoms with Gasteiger partial charge in [-0.25, -0.2) is 13.2 Å². The van der Waals surface area contributed by atoms with Crippen LogP contribution < -0.4 is 0 Å². The molecule has 0 bridgehead atoms. The van der Waals surface area contributed by atoms with Gasteiger partial charge >= 0.3 is 5.97 Å². The summed E-state index contributed by atoms with van der Waals surface area (Å²) in [5, 5.41) is 11.0. The molecule has 1 saturated heterocycles. The summed E-state index contributed by atoms with van der Waals surface area (Å²) in [6.45, 7) is 0.449. The lowest BCUT2D eigenvalue weighted by Crippen LogP contribution is -2.43. The second kappa shape index (κ2) is 5.34. The number of carbonyl (C=O) groups excluding carboxylic acids is 1. The Balaban J connectivity index is 1.88. The molecule has 0 spiro atoms. The summed E-state index contributed by atoms with van der Waals surface area (Å²) in [5.41, 5.74) is 0.261. The third-order valence-corrected chi connectivity index (χ3v) is 7.36. The highest BCUT2D eigenvalue weighted by atomic mass is 32.2. The van der Waals surface area contributed by atoms with Crippen molar-refractivity contribution in [1.29, 1.82) is 0 Å². The number of rotatable bonds is 3. The van der Waals surface area contributed by atoms with Gasteiger partial charge in [0, 0.05) is 18.2 Å². The summed E-state index contributed by atoms with van der Waals surface area (Å²) in [5.74, 6) is -1.08. The molecule has 1 amide bonds. The number of aliphatic carboxylic acids is 1. The average Bonchev–Trinajstić information content (AvgIpc) is 3.11. The maximum Gasteiger partial charge on any atom is 0.326 e. The van der Waals surface area contributed by atoms with E-state index in [0.717, 1.165) is 36.9 Å². The summed E-state index contributed by atoms with van der Waals surface area (Å²) in [7, 11) is -3.35. The van der Waals surface area contributed by atoms with E-state index in [2.05, 4.69) is 0 Å². The summed E-state index contributed by atoms with van der Waals surface area (Å²) in [4.78, 5) is 25.6. The van der Waals surface area contributed by atoms with E-state index in [1.807, 2.05) is 0 Å². The molecule has 0 radical (unpaired) electrons. The fourth-order valence-electron chi connectivity index (χ4n) is 3.62. The fourth-order valence-corrected chi connectivity index (χ4v) is 5.41. The maximum absolute atomic E-state index is 12.6. The zero-order valence-electron chi connectivity index (χ0n) is 12.1. The quantitative estimate of drug-likeness (QED) is 0.897. The van der Waals surface area contributed by atoms with Crippen LogP contribution in [-0.2, 0) is 14.6 Å². The number of thiophene rings is 1. The van der Waals surface area contributed by atoms with Crippen molar-refractivity contribution in [3.05, 3.63) is 17.0 Å². The molecule has 3 atom stereocenters. The predicted octanol–water partition coefficient (Wildman–Crippen LogP) is 1.48. The first-order valence-electron chi connectivity index (χ1n) is 7.11. The molecule has 1 aromatic rings. The normalized spacial score (nSPS) is 27.9. The molecule has 0 aromatic carbocycles. The Morgan fingerprint density at radius 2 is 2.09 bits per heavy atom. The Kier molecular flexibility index (Phi) is 3.76. The van der Waals surface area contributed by atoms with Gasteiger partial charge in [0.2, 0.25) is 0 Å². The number of fused-ring (bicyclic) bond motifs is 1. The standard InChI is InChI=1S/C14H17NO5S2/c1-22(19,20)11-5-9(7-21-11)13(16)15-6-8-3-2-4-10(8)12(15)14(17)18/h5,7-8,10,12H,2-4,6H2,1H3,(H,17,18)/t8-,10-,12-/m0/s1. The number of nitrogens with zero attached hydrogens (tertiary/aromatic N) is 1. The Morgan fingerprint density at radius 3 is 2.68 bits per heavy atom. The Hall–Kier alpha value is -1.41. The molecule has 8 heteroatoms. The van der Waals surface area contributed by atoms with Crippen LogP contribution in [0, 0.1) is 11.8 Å². The van der Waals surface area contributed by atoms with Crippen molar-refractivity contribution in [2.75, 3.05) is 12.8 Å². The van der Waals surface area contributed by atoms with Gasteiger partial charge in [-0.2, -0.15) is 0 Å². The van der Waals surface area contributed by atoms with Crippen molar-refractivity contribution >= 4 is 33.1 Å². The van der Waals surface area contributed by atoms with Crippen LogP contribution in [0.15, 0.2) is 15.7 Å². The third kappa shape index (κ3) is 2.54. The van der Waals surface area contributed by atoms with E-state index in [1.165, 1.54) is 16.3 Å². The van der Waals surface area contributed by atoms with Crippen molar-refractivity contribution in [2.45, 2.75) is 29.5 Å². The smallest absolute Gasteiger partial charge is 0.326 e. The molecule has 2 fully saturated rings. The number of sulfone groups is 1. The molecule has 0 unspecified atom stereocenters. The molecule has 22 heavy (non-hydrogen) atoms. The SMILES string of the molecule is CS(=O)(=O)c1cc(C(=O)N2C[C@@H]3CCC[C@@H]3[C@H]2C(=O)O)cs1. The molecule has 2 heterocycles. The van der Waals surface area contributed by atoms with E-state index in [0.29, 0.717) is 6.54 Å². The molecule has 3 rings (SSSR count). The van der Waals surface area contributed by atoms with Gasteiger partial charge in [0.15, 0.2) is 9.84 Å². The summed E-state index contributed by atoms with van der Waals surface area (Å²) in [6, 6.07) is 0.552. The van der Waals surface area contributed by atoms with Crippen LogP contribution >= 0.6 is 11.3 Å². The van der Waals surface area contributed by atoms with E-state index >= 15 is 0 Å². The van der Waals surface area contributed by atoms with Crippen LogP contribution in [0.3, 0.4) is 0 Å². The van der Waals surface area contributed by atoms with Crippen LogP contribution in [-0.4, -0.2) is 49.1 Å². The average molecular weight is 343 g/mol. The van der Waals surface area contributed by atoms with Gasteiger partial charge in [0.25, 0.3) is 5.91 Å². The highest BCUT2D eigenvalue weighted by Crippen LogP contribution is 2.43. The monoisotopic (exact) mass is 343 g/mol. The highest BCUT2D eigenvalue weighted by molar-refractivity contribution is 7.92. The summed E-state index contributed by atoms with van der Waals surface area (Å²) < 4.78 is 23.2. The maximum atomic E-state index is 12.6. The molecule has 1 aliphatic heterocycles. The fraction of sp³-hybridized carbons (Fsp3) is 0.571.